The van der Waals surface area contributed by atoms with E-state index in [2.05, 4.69) is 10.6 Å². The minimum absolute atomic E-state index is 0.0507. The Hall–Kier alpha value is -3.83. The number of halogens is 1. The van der Waals surface area contributed by atoms with Gasteiger partial charge in [-0.25, -0.2) is 4.39 Å². The van der Waals surface area contributed by atoms with Crippen molar-refractivity contribution >= 4 is 23.6 Å². The summed E-state index contributed by atoms with van der Waals surface area (Å²) < 4.78 is 13.4. The Kier molecular flexibility index (Phi) is 11.7. The molecule has 200 valence electrons. The van der Waals surface area contributed by atoms with Gasteiger partial charge >= 0.3 is 0 Å². The van der Waals surface area contributed by atoms with Gasteiger partial charge < -0.3 is 32.7 Å². The summed E-state index contributed by atoms with van der Waals surface area (Å²) >= 11 is 0. The molecule has 0 aliphatic heterocycles. The Balaban J connectivity index is 2.15. The fraction of sp³-hybridized carbons (Fsp3) is 0.385. The number of rotatable bonds is 14. The number of likely N-dealkylation sites (N-methyl/N-ethyl adjacent to an activating group) is 1. The topological polar surface area (TPSA) is 174 Å². The molecule has 0 aliphatic carbocycles. The van der Waals surface area contributed by atoms with Crippen LogP contribution in [0.3, 0.4) is 0 Å². The molecule has 0 spiro atoms. The molecule has 2 atom stereocenters. The van der Waals surface area contributed by atoms with Crippen molar-refractivity contribution < 1.29 is 23.6 Å². The summed E-state index contributed by atoms with van der Waals surface area (Å²) in [4.78, 5) is 51.8. The van der Waals surface area contributed by atoms with Crippen LogP contribution in [-0.2, 0) is 27.3 Å². The quantitative estimate of drug-likeness (QED) is 0.225. The molecule has 0 bridgehead atoms. The number of nitrogens with zero attached hydrogens (tertiary/aromatic N) is 1. The van der Waals surface area contributed by atoms with Crippen LogP contribution in [0.2, 0.25) is 0 Å². The van der Waals surface area contributed by atoms with Crippen LogP contribution >= 0.6 is 0 Å². The molecule has 0 heterocycles. The first-order chi connectivity index (χ1) is 17.7. The third-order valence-corrected chi connectivity index (χ3v) is 5.94. The van der Waals surface area contributed by atoms with Crippen LogP contribution in [0.5, 0.6) is 0 Å². The third kappa shape index (κ3) is 9.28. The van der Waals surface area contributed by atoms with Crippen molar-refractivity contribution in [3.05, 3.63) is 71.0 Å². The summed E-state index contributed by atoms with van der Waals surface area (Å²) in [5.74, 6) is -2.75. The van der Waals surface area contributed by atoms with Crippen LogP contribution in [0.15, 0.2) is 48.5 Å². The molecule has 0 aromatic heterocycles. The van der Waals surface area contributed by atoms with E-state index in [0.29, 0.717) is 36.9 Å². The molecule has 11 heteroatoms. The molecule has 8 N–H and O–H groups in total. The van der Waals surface area contributed by atoms with E-state index in [0.717, 1.165) is 5.56 Å². The fourth-order valence-electron chi connectivity index (χ4n) is 3.69. The zero-order chi connectivity index (χ0) is 27.4. The summed E-state index contributed by atoms with van der Waals surface area (Å²) in [5, 5.41) is 5.18. The number of hydrogen-bond donors (Lipinski definition) is 5. The van der Waals surface area contributed by atoms with Crippen molar-refractivity contribution in [2.24, 2.45) is 17.2 Å². The molecular formula is C26H35FN6O4. The van der Waals surface area contributed by atoms with Crippen molar-refractivity contribution in [2.45, 2.75) is 44.3 Å². The Bertz CT molecular complexity index is 1080. The summed E-state index contributed by atoms with van der Waals surface area (Å²) in [6, 6.07) is 10.2. The normalized spacial score (nSPS) is 12.3. The zero-order valence-electron chi connectivity index (χ0n) is 20.9. The van der Waals surface area contributed by atoms with Gasteiger partial charge in [0.05, 0.1) is 6.54 Å². The van der Waals surface area contributed by atoms with Gasteiger partial charge in [-0.15, -0.1) is 0 Å². The lowest BCUT2D eigenvalue weighted by molar-refractivity contribution is -0.139. The highest BCUT2D eigenvalue weighted by Crippen LogP contribution is 2.12. The highest BCUT2D eigenvalue weighted by atomic mass is 19.1. The van der Waals surface area contributed by atoms with E-state index in [9.17, 15) is 23.6 Å². The van der Waals surface area contributed by atoms with Gasteiger partial charge in [0.25, 0.3) is 5.91 Å². The second-order valence-electron chi connectivity index (χ2n) is 8.69. The van der Waals surface area contributed by atoms with Gasteiger partial charge in [0.2, 0.25) is 17.7 Å². The molecule has 37 heavy (non-hydrogen) atoms. The number of unbranched alkanes of at least 4 members (excludes halogenated alkanes) is 1. The maximum absolute atomic E-state index is 13.4. The Morgan fingerprint density at radius 2 is 1.70 bits per heavy atom. The Labute approximate surface area is 215 Å². The molecule has 2 unspecified atom stereocenters. The van der Waals surface area contributed by atoms with Crippen molar-refractivity contribution in [1.82, 2.24) is 15.5 Å². The highest BCUT2D eigenvalue weighted by molar-refractivity contribution is 5.97. The summed E-state index contributed by atoms with van der Waals surface area (Å²) in [5.41, 5.74) is 18.3. The highest BCUT2D eigenvalue weighted by Gasteiger charge is 2.30. The number of nitrogens with two attached hydrogens (primary N) is 3. The molecule has 2 aromatic rings. The van der Waals surface area contributed by atoms with Gasteiger partial charge in [-0.2, -0.15) is 0 Å². The summed E-state index contributed by atoms with van der Waals surface area (Å²) in [6.07, 6.45) is 1.59. The molecule has 0 saturated carbocycles. The number of carbonyl (C=O) groups excluding carboxylic acids is 4. The standard InChI is InChI=1S/C26H35FN6O4/c1-33(23(34)16-31-25(36)19-6-4-5-18(13-19)15-29)22(14-17-8-10-20(27)11-9-17)26(37)32-21(24(30)35)7-2-3-12-28/h4-6,8-11,13,21-22H,2-3,7,12,14-16,28-29H2,1H3,(H2,30,35)(H,31,36)(H,32,37). The average Bonchev–Trinajstić information content (AvgIpc) is 2.90. The predicted molar refractivity (Wildman–Crippen MR) is 137 cm³/mol. The second-order valence-corrected chi connectivity index (χ2v) is 8.69. The van der Waals surface area contributed by atoms with Crippen molar-refractivity contribution in [3.8, 4) is 0 Å². The van der Waals surface area contributed by atoms with Gasteiger partial charge in [-0.1, -0.05) is 24.3 Å². The lowest BCUT2D eigenvalue weighted by atomic mass is 10.0. The van der Waals surface area contributed by atoms with Gasteiger partial charge in [-0.05, 0) is 61.2 Å². The molecular weight excluding hydrogens is 479 g/mol. The van der Waals surface area contributed by atoms with Crippen molar-refractivity contribution in [2.75, 3.05) is 20.1 Å². The molecule has 4 amide bonds. The largest absolute Gasteiger partial charge is 0.368 e. The zero-order valence-corrected chi connectivity index (χ0v) is 20.9. The predicted octanol–water partition coefficient (Wildman–Crippen LogP) is 0.183. The van der Waals surface area contributed by atoms with Crippen LogP contribution < -0.4 is 27.8 Å². The van der Waals surface area contributed by atoms with Gasteiger partial charge in [0, 0.05) is 25.6 Å². The molecule has 0 radical (unpaired) electrons. The number of carbonyl (C=O) groups is 4. The van der Waals surface area contributed by atoms with E-state index < -0.39 is 41.5 Å². The average molecular weight is 515 g/mol. The van der Waals surface area contributed by atoms with E-state index in [-0.39, 0.29) is 19.5 Å². The number of primary amides is 1. The van der Waals surface area contributed by atoms with Gasteiger partial charge in [0.1, 0.15) is 17.9 Å². The van der Waals surface area contributed by atoms with E-state index >= 15 is 0 Å². The first-order valence-corrected chi connectivity index (χ1v) is 12.0. The SMILES string of the molecule is CN(C(=O)CNC(=O)c1cccc(CN)c1)C(Cc1ccc(F)cc1)C(=O)NC(CCCCN)C(N)=O. The van der Waals surface area contributed by atoms with Crippen LogP contribution in [0.4, 0.5) is 4.39 Å². The van der Waals surface area contributed by atoms with Crippen molar-refractivity contribution in [1.29, 1.82) is 0 Å². The van der Waals surface area contributed by atoms with Crippen LogP contribution in [-0.4, -0.2) is 60.7 Å². The molecule has 0 fully saturated rings. The van der Waals surface area contributed by atoms with Crippen molar-refractivity contribution in [3.63, 3.8) is 0 Å². The maximum atomic E-state index is 13.4. The number of benzene rings is 2. The molecule has 2 aromatic carbocycles. The first kappa shape index (κ1) is 29.4. The molecule has 0 aliphatic rings. The van der Waals surface area contributed by atoms with Crippen LogP contribution in [0.1, 0.15) is 40.7 Å². The first-order valence-electron chi connectivity index (χ1n) is 12.0. The smallest absolute Gasteiger partial charge is 0.251 e. The fourth-order valence-corrected chi connectivity index (χ4v) is 3.69. The number of nitrogens with one attached hydrogen (secondary N) is 2. The summed E-state index contributed by atoms with van der Waals surface area (Å²) in [7, 11) is 1.42. The lowest BCUT2D eigenvalue weighted by Gasteiger charge is -2.29. The van der Waals surface area contributed by atoms with Gasteiger partial charge in [-0.3, -0.25) is 19.2 Å². The van der Waals surface area contributed by atoms with Gasteiger partial charge in [0.15, 0.2) is 0 Å². The van der Waals surface area contributed by atoms with Crippen LogP contribution in [0.25, 0.3) is 0 Å². The van der Waals surface area contributed by atoms with E-state index in [4.69, 9.17) is 17.2 Å². The van der Waals surface area contributed by atoms with E-state index in [1.807, 2.05) is 0 Å². The minimum Gasteiger partial charge on any atom is -0.368 e. The van der Waals surface area contributed by atoms with E-state index in [1.54, 1.807) is 24.3 Å². The van der Waals surface area contributed by atoms with Crippen LogP contribution in [0, 0.1) is 5.82 Å². The summed E-state index contributed by atoms with van der Waals surface area (Å²) in [6.45, 7) is 0.332. The number of hydrogen-bond acceptors (Lipinski definition) is 6. The van der Waals surface area contributed by atoms with E-state index in [1.165, 1.54) is 36.2 Å². The lowest BCUT2D eigenvalue weighted by Crippen LogP contribution is -2.55. The maximum Gasteiger partial charge on any atom is 0.251 e. The number of amides is 4. The Morgan fingerprint density at radius 1 is 1.00 bits per heavy atom. The molecule has 0 saturated heterocycles. The minimum atomic E-state index is -1.05. The second kappa shape index (κ2) is 14.7. The third-order valence-electron chi connectivity index (χ3n) is 5.94. The molecule has 10 nitrogen and oxygen atoms in total. The monoisotopic (exact) mass is 514 g/mol. The Morgan fingerprint density at radius 3 is 2.32 bits per heavy atom. The molecule has 2 rings (SSSR count).